The second kappa shape index (κ2) is 5.13. The van der Waals surface area contributed by atoms with Crippen LogP contribution in [0.15, 0.2) is 22.7 Å². The van der Waals surface area contributed by atoms with Crippen molar-refractivity contribution in [2.75, 3.05) is 17.6 Å². The summed E-state index contributed by atoms with van der Waals surface area (Å²) in [6, 6.07) is 6.36. The summed E-state index contributed by atoms with van der Waals surface area (Å²) in [5, 5.41) is 7.98. The molecule has 4 rings (SSSR count). The monoisotopic (exact) mass is 287 g/mol. The fourth-order valence-electron chi connectivity index (χ4n) is 2.85. The average Bonchev–Trinajstić information content (AvgIpc) is 3.16. The maximum atomic E-state index is 5.46. The molecule has 3 heterocycles. The lowest BCUT2D eigenvalue weighted by Crippen LogP contribution is -2.03. The van der Waals surface area contributed by atoms with Crippen LogP contribution in [0.25, 0.3) is 11.5 Å². The third-order valence-electron chi connectivity index (χ3n) is 3.98. The minimum atomic E-state index is 0.411. The number of thioether (sulfide) groups is 1. The molecule has 1 saturated heterocycles. The Morgan fingerprint density at radius 1 is 1.30 bits per heavy atom. The third kappa shape index (κ3) is 2.20. The first-order valence-electron chi connectivity index (χ1n) is 7.22. The summed E-state index contributed by atoms with van der Waals surface area (Å²) in [4.78, 5) is 4.60. The highest BCUT2D eigenvalue weighted by atomic mass is 32.2. The van der Waals surface area contributed by atoms with Gasteiger partial charge >= 0.3 is 0 Å². The Morgan fingerprint density at radius 3 is 3.20 bits per heavy atom. The molecule has 1 fully saturated rings. The van der Waals surface area contributed by atoms with Crippen molar-refractivity contribution in [2.45, 2.75) is 30.9 Å². The van der Waals surface area contributed by atoms with Gasteiger partial charge in [0.15, 0.2) is 5.82 Å². The van der Waals surface area contributed by atoms with E-state index >= 15 is 0 Å². The van der Waals surface area contributed by atoms with Crippen LogP contribution < -0.4 is 5.32 Å². The summed E-state index contributed by atoms with van der Waals surface area (Å²) in [5.41, 5.74) is 3.59. The molecule has 1 aromatic carbocycles. The normalized spacial score (nSPS) is 21.5. The molecule has 20 heavy (non-hydrogen) atoms. The van der Waals surface area contributed by atoms with E-state index < -0.39 is 0 Å². The molecule has 1 unspecified atom stereocenters. The maximum Gasteiger partial charge on any atom is 0.258 e. The fraction of sp³-hybridized carbons (Fsp3) is 0.467. The molecular weight excluding hydrogens is 270 g/mol. The van der Waals surface area contributed by atoms with Crippen molar-refractivity contribution in [3.05, 3.63) is 29.6 Å². The van der Waals surface area contributed by atoms with Gasteiger partial charge in [0.25, 0.3) is 5.89 Å². The predicted molar refractivity (Wildman–Crippen MR) is 81.0 cm³/mol. The number of aromatic nitrogens is 2. The second-order valence-electron chi connectivity index (χ2n) is 5.36. The molecule has 1 aromatic heterocycles. The smallest absolute Gasteiger partial charge is 0.258 e. The van der Waals surface area contributed by atoms with Crippen LogP contribution in [0.1, 0.15) is 35.9 Å². The number of nitrogens with zero attached hydrogens (tertiary/aromatic N) is 2. The number of anilines is 1. The third-order valence-corrected chi connectivity index (χ3v) is 5.35. The van der Waals surface area contributed by atoms with Crippen molar-refractivity contribution < 1.29 is 4.52 Å². The molecule has 0 bridgehead atoms. The van der Waals surface area contributed by atoms with Crippen molar-refractivity contribution in [1.82, 2.24) is 10.1 Å². The average molecular weight is 287 g/mol. The standard InChI is InChI=1S/C15H17N3OS/c1-2-8-20-13(3-1)14-17-15(19-18-14)11-5-4-10-6-7-16-12(10)9-11/h4-5,9,13,16H,1-3,6-8H2. The summed E-state index contributed by atoms with van der Waals surface area (Å²) < 4.78 is 5.46. The SMILES string of the molecule is c1cc2c(cc1-c1nc(C3CCCCS3)no1)NCC2. The zero-order valence-electron chi connectivity index (χ0n) is 11.3. The largest absolute Gasteiger partial charge is 0.384 e. The van der Waals surface area contributed by atoms with Crippen molar-refractivity contribution in [2.24, 2.45) is 0 Å². The van der Waals surface area contributed by atoms with Crippen LogP contribution >= 0.6 is 11.8 Å². The topological polar surface area (TPSA) is 51.0 Å². The lowest BCUT2D eigenvalue weighted by molar-refractivity contribution is 0.420. The number of benzene rings is 1. The molecule has 0 aliphatic carbocycles. The Bertz CT molecular complexity index is 619. The van der Waals surface area contributed by atoms with E-state index in [-0.39, 0.29) is 0 Å². The summed E-state index contributed by atoms with van der Waals surface area (Å²) >= 11 is 1.95. The first kappa shape index (κ1) is 12.3. The van der Waals surface area contributed by atoms with E-state index in [2.05, 4.69) is 33.7 Å². The van der Waals surface area contributed by atoms with Crippen molar-refractivity contribution in [3.63, 3.8) is 0 Å². The van der Waals surface area contributed by atoms with Crippen molar-refractivity contribution >= 4 is 17.4 Å². The van der Waals surface area contributed by atoms with Crippen LogP contribution in [-0.2, 0) is 6.42 Å². The number of fused-ring (bicyclic) bond motifs is 1. The van der Waals surface area contributed by atoms with E-state index in [0.717, 1.165) is 30.8 Å². The van der Waals surface area contributed by atoms with Crippen LogP contribution in [0, 0.1) is 0 Å². The summed E-state index contributed by atoms with van der Waals surface area (Å²) in [6.45, 7) is 1.02. The molecule has 1 atom stereocenters. The van der Waals surface area contributed by atoms with E-state index in [1.54, 1.807) is 0 Å². The lowest BCUT2D eigenvalue weighted by atomic mass is 10.1. The molecule has 0 spiro atoms. The highest BCUT2D eigenvalue weighted by molar-refractivity contribution is 7.99. The molecule has 2 aliphatic rings. The Labute approximate surface area is 122 Å². The zero-order valence-corrected chi connectivity index (χ0v) is 12.1. The van der Waals surface area contributed by atoms with E-state index in [4.69, 9.17) is 4.52 Å². The number of hydrogen-bond donors (Lipinski definition) is 1. The quantitative estimate of drug-likeness (QED) is 0.913. The van der Waals surface area contributed by atoms with E-state index in [1.807, 2.05) is 11.8 Å². The maximum absolute atomic E-state index is 5.46. The number of nitrogens with one attached hydrogen (secondary N) is 1. The summed E-state index contributed by atoms with van der Waals surface area (Å²) in [6.07, 6.45) is 4.84. The minimum absolute atomic E-state index is 0.411. The Balaban J connectivity index is 1.61. The first-order chi connectivity index (χ1) is 9.90. The van der Waals surface area contributed by atoms with Gasteiger partial charge in [-0.1, -0.05) is 17.6 Å². The Morgan fingerprint density at radius 2 is 2.30 bits per heavy atom. The van der Waals surface area contributed by atoms with Gasteiger partial charge in [-0.2, -0.15) is 16.7 Å². The zero-order chi connectivity index (χ0) is 13.4. The fourth-order valence-corrected chi connectivity index (χ4v) is 4.08. The molecule has 104 valence electrons. The van der Waals surface area contributed by atoms with Gasteiger partial charge in [-0.25, -0.2) is 0 Å². The van der Waals surface area contributed by atoms with Crippen molar-refractivity contribution in [3.8, 4) is 11.5 Å². The van der Waals surface area contributed by atoms with Gasteiger partial charge in [-0.05, 0) is 42.7 Å². The van der Waals surface area contributed by atoms with Gasteiger partial charge in [-0.15, -0.1) is 0 Å². The van der Waals surface area contributed by atoms with E-state index in [1.165, 1.54) is 29.8 Å². The molecule has 0 radical (unpaired) electrons. The van der Waals surface area contributed by atoms with Gasteiger partial charge in [0, 0.05) is 17.8 Å². The van der Waals surface area contributed by atoms with Crippen molar-refractivity contribution in [1.29, 1.82) is 0 Å². The summed E-state index contributed by atoms with van der Waals surface area (Å²) in [7, 11) is 0. The van der Waals surface area contributed by atoms with Gasteiger partial charge in [0.2, 0.25) is 0 Å². The Kier molecular flexibility index (Phi) is 3.14. The lowest BCUT2D eigenvalue weighted by Gasteiger charge is -2.17. The van der Waals surface area contributed by atoms with Crippen LogP contribution in [0.2, 0.25) is 0 Å². The molecular formula is C15H17N3OS. The van der Waals surface area contributed by atoms with Gasteiger partial charge in [0.05, 0.1) is 5.25 Å². The molecule has 2 aliphatic heterocycles. The van der Waals surface area contributed by atoms with Gasteiger partial charge < -0.3 is 9.84 Å². The van der Waals surface area contributed by atoms with E-state index in [0.29, 0.717) is 11.1 Å². The molecule has 0 saturated carbocycles. The molecule has 2 aromatic rings. The first-order valence-corrected chi connectivity index (χ1v) is 8.27. The van der Waals surface area contributed by atoms with Gasteiger partial charge in [-0.3, -0.25) is 0 Å². The highest BCUT2D eigenvalue weighted by Gasteiger charge is 2.22. The van der Waals surface area contributed by atoms with Crippen LogP contribution in [0.3, 0.4) is 0 Å². The number of rotatable bonds is 2. The predicted octanol–water partition coefficient (Wildman–Crippen LogP) is 3.66. The highest BCUT2D eigenvalue weighted by Crippen LogP contribution is 2.37. The Hall–Kier alpha value is -1.49. The summed E-state index contributed by atoms with van der Waals surface area (Å²) in [5.74, 6) is 2.71. The van der Waals surface area contributed by atoms with Crippen LogP contribution in [0.4, 0.5) is 5.69 Å². The molecule has 5 heteroatoms. The van der Waals surface area contributed by atoms with Gasteiger partial charge in [0.1, 0.15) is 0 Å². The van der Waals surface area contributed by atoms with E-state index in [9.17, 15) is 0 Å². The molecule has 4 nitrogen and oxygen atoms in total. The molecule has 1 N–H and O–H groups in total. The molecule has 0 amide bonds. The van der Waals surface area contributed by atoms with Crippen LogP contribution in [0.5, 0.6) is 0 Å². The minimum Gasteiger partial charge on any atom is -0.384 e. The number of hydrogen-bond acceptors (Lipinski definition) is 5. The second-order valence-corrected chi connectivity index (χ2v) is 6.67. The van der Waals surface area contributed by atoms with Crippen LogP contribution in [-0.4, -0.2) is 22.4 Å².